The van der Waals surface area contributed by atoms with Crippen LogP contribution >= 0.6 is 23.1 Å². The number of aromatic nitrogens is 2. The van der Waals surface area contributed by atoms with E-state index in [0.29, 0.717) is 15.5 Å². The van der Waals surface area contributed by atoms with E-state index in [1.807, 2.05) is 19.1 Å². The van der Waals surface area contributed by atoms with E-state index < -0.39 is 5.97 Å². The Bertz CT molecular complexity index is 823. The number of hydrogen-bond donors (Lipinski definition) is 1. The van der Waals surface area contributed by atoms with Crippen molar-refractivity contribution in [2.75, 3.05) is 0 Å². The lowest BCUT2D eigenvalue weighted by Crippen LogP contribution is -1.94. The first-order valence-electron chi connectivity index (χ1n) is 6.21. The molecule has 0 spiro atoms. The Kier molecular flexibility index (Phi) is 3.69. The second kappa shape index (κ2) is 5.50. The van der Waals surface area contributed by atoms with Crippen LogP contribution in [0.25, 0.3) is 10.2 Å². The van der Waals surface area contributed by atoms with Crippen LogP contribution < -0.4 is 0 Å². The van der Waals surface area contributed by atoms with E-state index in [4.69, 9.17) is 4.42 Å². The Labute approximate surface area is 129 Å². The van der Waals surface area contributed by atoms with Crippen LogP contribution in [0.5, 0.6) is 0 Å². The zero-order valence-corrected chi connectivity index (χ0v) is 13.0. The first-order valence-corrected chi connectivity index (χ1v) is 8.02. The maximum atomic E-state index is 11.2. The fourth-order valence-electron chi connectivity index (χ4n) is 2.05. The van der Waals surface area contributed by atoms with Crippen LogP contribution in [0.1, 0.15) is 26.8 Å². The molecule has 3 heterocycles. The molecule has 108 valence electrons. The van der Waals surface area contributed by atoms with Crippen LogP contribution in [0.2, 0.25) is 0 Å². The van der Waals surface area contributed by atoms with Gasteiger partial charge in [0.2, 0.25) is 0 Å². The predicted molar refractivity (Wildman–Crippen MR) is 82.1 cm³/mol. The predicted octanol–water partition coefficient (Wildman–Crippen LogP) is 3.89. The first-order chi connectivity index (χ1) is 10.1. The molecule has 1 N–H and O–H groups in total. The molecule has 0 saturated carbocycles. The summed E-state index contributed by atoms with van der Waals surface area (Å²) in [4.78, 5) is 20.7. The monoisotopic (exact) mass is 320 g/mol. The number of carboxylic acid groups (broad SMARTS) is 1. The number of carboxylic acids is 1. The number of carbonyl (C=O) groups is 1. The molecule has 21 heavy (non-hydrogen) atoms. The van der Waals surface area contributed by atoms with Crippen molar-refractivity contribution < 1.29 is 14.3 Å². The molecule has 3 aromatic heterocycles. The van der Waals surface area contributed by atoms with Crippen LogP contribution in [0.3, 0.4) is 0 Å². The molecule has 0 radical (unpaired) electrons. The highest BCUT2D eigenvalue weighted by molar-refractivity contribution is 7.98. The summed E-state index contributed by atoms with van der Waals surface area (Å²) >= 11 is 2.71. The summed E-state index contributed by atoms with van der Waals surface area (Å²) in [5.74, 6) is 1.47. The minimum Gasteiger partial charge on any atom is -0.477 e. The average Bonchev–Trinajstić information content (AvgIpc) is 3.01. The Morgan fingerprint density at radius 1 is 1.38 bits per heavy atom. The van der Waals surface area contributed by atoms with Gasteiger partial charge in [-0.1, -0.05) is 11.8 Å². The van der Waals surface area contributed by atoms with E-state index in [1.54, 1.807) is 6.92 Å². The molecule has 0 aliphatic carbocycles. The first kappa shape index (κ1) is 14.1. The molecule has 5 nitrogen and oxygen atoms in total. The van der Waals surface area contributed by atoms with Gasteiger partial charge in [0.25, 0.3) is 0 Å². The van der Waals surface area contributed by atoms with E-state index in [1.165, 1.54) is 29.4 Å². The molecule has 0 bridgehead atoms. The number of hydrogen-bond acceptors (Lipinski definition) is 6. The Morgan fingerprint density at radius 2 is 2.19 bits per heavy atom. The van der Waals surface area contributed by atoms with Crippen LogP contribution in [-0.2, 0) is 5.75 Å². The van der Waals surface area contributed by atoms with Crippen molar-refractivity contribution in [3.05, 3.63) is 40.4 Å². The lowest BCUT2D eigenvalue weighted by Gasteiger charge is -2.01. The summed E-state index contributed by atoms with van der Waals surface area (Å²) in [6, 6.07) is 3.85. The highest BCUT2D eigenvalue weighted by atomic mass is 32.2. The minimum atomic E-state index is -0.923. The Balaban J connectivity index is 1.96. The number of fused-ring (bicyclic) bond motifs is 1. The molecular weight excluding hydrogens is 308 g/mol. The van der Waals surface area contributed by atoms with Crippen LogP contribution in [0.4, 0.5) is 0 Å². The number of furan rings is 1. The molecule has 0 aliphatic rings. The second-order valence-corrected chi connectivity index (χ2v) is 6.48. The summed E-state index contributed by atoms with van der Waals surface area (Å²) in [7, 11) is 0. The fraction of sp³-hybridized carbons (Fsp3) is 0.214. The fourth-order valence-corrected chi connectivity index (χ4v) is 4.06. The highest BCUT2D eigenvalue weighted by Crippen LogP contribution is 2.36. The van der Waals surface area contributed by atoms with E-state index >= 15 is 0 Å². The van der Waals surface area contributed by atoms with Gasteiger partial charge in [-0.2, -0.15) is 0 Å². The summed E-state index contributed by atoms with van der Waals surface area (Å²) in [6.07, 6.45) is 1.47. The quantitative estimate of drug-likeness (QED) is 0.580. The second-order valence-electron chi connectivity index (χ2n) is 4.52. The van der Waals surface area contributed by atoms with E-state index in [9.17, 15) is 9.90 Å². The Hall–Kier alpha value is -1.86. The van der Waals surface area contributed by atoms with Gasteiger partial charge in [0, 0.05) is 5.39 Å². The van der Waals surface area contributed by atoms with E-state index in [2.05, 4.69) is 9.97 Å². The number of aryl methyl sites for hydroxylation is 2. The number of aromatic carboxylic acids is 1. The van der Waals surface area contributed by atoms with E-state index in [-0.39, 0.29) is 0 Å². The van der Waals surface area contributed by atoms with Gasteiger partial charge in [-0.25, -0.2) is 14.8 Å². The van der Waals surface area contributed by atoms with Gasteiger partial charge < -0.3 is 9.52 Å². The average molecular weight is 320 g/mol. The number of nitrogens with zero attached hydrogens (tertiary/aromatic N) is 2. The number of thiophene rings is 1. The van der Waals surface area contributed by atoms with Gasteiger partial charge in [0.1, 0.15) is 32.6 Å². The summed E-state index contributed by atoms with van der Waals surface area (Å²) in [5.41, 5.74) is 0.723. The number of thioether (sulfide) groups is 1. The molecule has 3 rings (SSSR count). The van der Waals surface area contributed by atoms with Crippen molar-refractivity contribution in [1.29, 1.82) is 0 Å². The third-order valence-corrected chi connectivity index (χ3v) is 5.23. The lowest BCUT2D eigenvalue weighted by molar-refractivity contribution is 0.0701. The van der Waals surface area contributed by atoms with Crippen molar-refractivity contribution in [3.8, 4) is 0 Å². The van der Waals surface area contributed by atoms with Gasteiger partial charge in [0.15, 0.2) is 0 Å². The van der Waals surface area contributed by atoms with E-state index in [0.717, 1.165) is 27.5 Å². The highest BCUT2D eigenvalue weighted by Gasteiger charge is 2.18. The third kappa shape index (κ3) is 2.66. The molecule has 0 unspecified atom stereocenters. The van der Waals surface area contributed by atoms with Crippen molar-refractivity contribution >= 4 is 39.3 Å². The van der Waals surface area contributed by atoms with Crippen molar-refractivity contribution in [1.82, 2.24) is 9.97 Å². The van der Waals surface area contributed by atoms with Crippen LogP contribution in [0.15, 0.2) is 27.9 Å². The summed E-state index contributed by atoms with van der Waals surface area (Å²) < 4.78 is 5.54. The number of rotatable bonds is 4. The molecule has 0 atom stereocenters. The maximum Gasteiger partial charge on any atom is 0.346 e. The standard InChI is InChI=1S/C14H12N2O3S2/c1-7-3-4-9(19-7)5-20-12-10-8(2)11(14(17)18)21-13(10)16-6-15-12/h3-4,6H,5H2,1-2H3,(H,17,18). The van der Waals surface area contributed by atoms with Gasteiger partial charge in [-0.05, 0) is 31.5 Å². The molecule has 0 amide bonds. The van der Waals surface area contributed by atoms with Gasteiger partial charge in [0.05, 0.1) is 5.75 Å². The van der Waals surface area contributed by atoms with Crippen LogP contribution in [0, 0.1) is 13.8 Å². The molecule has 3 aromatic rings. The van der Waals surface area contributed by atoms with Crippen molar-refractivity contribution in [3.63, 3.8) is 0 Å². The summed E-state index contributed by atoms with van der Waals surface area (Å²) in [5, 5.41) is 10.8. The molecular formula is C14H12N2O3S2. The minimum absolute atomic E-state index is 0.321. The largest absolute Gasteiger partial charge is 0.477 e. The molecule has 0 aromatic carbocycles. The van der Waals surface area contributed by atoms with Crippen molar-refractivity contribution in [2.45, 2.75) is 24.6 Å². The zero-order valence-electron chi connectivity index (χ0n) is 11.4. The molecule has 0 saturated heterocycles. The smallest absolute Gasteiger partial charge is 0.346 e. The molecule has 0 fully saturated rings. The Morgan fingerprint density at radius 3 is 2.86 bits per heavy atom. The molecule has 0 aliphatic heterocycles. The maximum absolute atomic E-state index is 11.2. The molecule has 7 heteroatoms. The zero-order chi connectivity index (χ0) is 15.0. The lowest BCUT2D eigenvalue weighted by atomic mass is 10.2. The van der Waals surface area contributed by atoms with Crippen molar-refractivity contribution in [2.24, 2.45) is 0 Å². The van der Waals surface area contributed by atoms with Gasteiger partial charge in [-0.15, -0.1) is 11.3 Å². The van der Waals surface area contributed by atoms with Crippen LogP contribution in [-0.4, -0.2) is 21.0 Å². The summed E-state index contributed by atoms with van der Waals surface area (Å²) in [6.45, 7) is 3.70. The third-order valence-electron chi connectivity index (χ3n) is 3.03. The van der Waals surface area contributed by atoms with Gasteiger partial charge >= 0.3 is 5.97 Å². The SMILES string of the molecule is Cc1ccc(CSc2ncnc3sc(C(=O)O)c(C)c23)o1. The topological polar surface area (TPSA) is 76.2 Å². The normalized spacial score (nSPS) is 11.1. The van der Waals surface area contributed by atoms with Gasteiger partial charge in [-0.3, -0.25) is 0 Å².